The minimum atomic E-state index is 0. The van der Waals surface area contributed by atoms with Gasteiger partial charge in [0.1, 0.15) is 0 Å². The third-order valence-corrected chi connectivity index (χ3v) is 6.24. The van der Waals surface area contributed by atoms with Crippen LogP contribution in [0.1, 0.15) is 51.2 Å². The van der Waals surface area contributed by atoms with Crippen molar-refractivity contribution in [1.82, 2.24) is 15.2 Å². The van der Waals surface area contributed by atoms with Crippen molar-refractivity contribution in [2.24, 2.45) is 4.99 Å². The maximum Gasteiger partial charge on any atom is 0.193 e. The second-order valence-electron chi connectivity index (χ2n) is 6.85. The number of thiazole rings is 1. The summed E-state index contributed by atoms with van der Waals surface area (Å²) in [6.45, 7) is 15.0. The van der Waals surface area contributed by atoms with Crippen molar-refractivity contribution in [3.63, 3.8) is 0 Å². The average molecular weight is 483 g/mol. The molecule has 138 valence electrons. The summed E-state index contributed by atoms with van der Waals surface area (Å²) in [7, 11) is 0. The number of aliphatic imine (C=N–C) groups is 1. The zero-order chi connectivity index (χ0) is 16.9. The van der Waals surface area contributed by atoms with E-state index in [9.17, 15) is 0 Å². The van der Waals surface area contributed by atoms with E-state index in [0.29, 0.717) is 10.7 Å². The summed E-state index contributed by atoms with van der Waals surface area (Å²) in [6, 6.07) is 0. The van der Waals surface area contributed by atoms with Crippen LogP contribution in [-0.2, 0) is 6.42 Å². The maximum atomic E-state index is 4.84. The van der Waals surface area contributed by atoms with Gasteiger partial charge in [-0.05, 0) is 20.8 Å². The summed E-state index contributed by atoms with van der Waals surface area (Å²) in [5.41, 5.74) is 1.17. The first-order valence-electron chi connectivity index (χ1n) is 8.53. The summed E-state index contributed by atoms with van der Waals surface area (Å²) in [5, 5.41) is 6.86. The van der Waals surface area contributed by atoms with Crippen LogP contribution in [0.3, 0.4) is 0 Å². The molecule has 4 nitrogen and oxygen atoms in total. The van der Waals surface area contributed by atoms with Crippen LogP contribution in [-0.4, -0.2) is 52.5 Å². The van der Waals surface area contributed by atoms with E-state index in [1.807, 2.05) is 0 Å². The number of aromatic nitrogens is 1. The molecule has 0 unspecified atom stereocenters. The molecule has 0 spiro atoms. The molecule has 0 bridgehead atoms. The van der Waals surface area contributed by atoms with Gasteiger partial charge >= 0.3 is 0 Å². The van der Waals surface area contributed by atoms with Crippen molar-refractivity contribution >= 4 is 53.0 Å². The monoisotopic (exact) mass is 482 g/mol. The Labute approximate surface area is 172 Å². The molecule has 7 heteroatoms. The highest BCUT2D eigenvalue weighted by atomic mass is 127. The Morgan fingerprint density at radius 2 is 2.21 bits per heavy atom. The highest BCUT2D eigenvalue weighted by molar-refractivity contribution is 14.0. The number of nitrogens with zero attached hydrogens (tertiary/aromatic N) is 3. The third-order valence-electron chi connectivity index (χ3n) is 3.75. The molecule has 1 aromatic rings. The van der Waals surface area contributed by atoms with Gasteiger partial charge < -0.3 is 10.2 Å². The van der Waals surface area contributed by atoms with Gasteiger partial charge in [-0.3, -0.25) is 4.99 Å². The van der Waals surface area contributed by atoms with E-state index < -0.39 is 0 Å². The van der Waals surface area contributed by atoms with Crippen LogP contribution in [0.2, 0.25) is 0 Å². The highest BCUT2D eigenvalue weighted by Crippen LogP contribution is 2.29. The molecule has 0 aliphatic carbocycles. The molecule has 1 aromatic heterocycles. The maximum absolute atomic E-state index is 4.84. The van der Waals surface area contributed by atoms with E-state index in [-0.39, 0.29) is 24.0 Å². The second kappa shape index (κ2) is 10.2. The van der Waals surface area contributed by atoms with Crippen LogP contribution >= 0.6 is 47.1 Å². The molecule has 2 heterocycles. The van der Waals surface area contributed by atoms with Crippen LogP contribution in [0.15, 0.2) is 10.4 Å². The molecule has 1 saturated heterocycles. The van der Waals surface area contributed by atoms with Crippen LogP contribution < -0.4 is 5.32 Å². The molecule has 0 saturated carbocycles. The number of hydrogen-bond donors (Lipinski definition) is 1. The smallest absolute Gasteiger partial charge is 0.193 e. The van der Waals surface area contributed by atoms with Gasteiger partial charge in [0, 0.05) is 54.4 Å². The molecular formula is C17H31IN4S2. The van der Waals surface area contributed by atoms with Crippen molar-refractivity contribution in [1.29, 1.82) is 0 Å². The molecule has 1 aliphatic rings. The standard InChI is InChI=1S/C17H30N4S2.HI/c1-6-18-16(21-9-10-23-17(4,5)12-21)19-8-7-14-11-22-15(20-14)13(2)3;/h11,13H,6-10,12H2,1-5H3,(H,18,19);1H. The number of nitrogens with one attached hydrogen (secondary N) is 1. The van der Waals surface area contributed by atoms with Crippen molar-refractivity contribution in [3.8, 4) is 0 Å². The van der Waals surface area contributed by atoms with E-state index in [4.69, 9.17) is 9.98 Å². The summed E-state index contributed by atoms with van der Waals surface area (Å²) in [4.78, 5) is 11.9. The number of guanidine groups is 1. The van der Waals surface area contributed by atoms with Crippen LogP contribution in [0.5, 0.6) is 0 Å². The lowest BCUT2D eigenvalue weighted by Gasteiger charge is -2.39. The van der Waals surface area contributed by atoms with Crippen LogP contribution in [0.4, 0.5) is 0 Å². The van der Waals surface area contributed by atoms with Gasteiger partial charge in [0.2, 0.25) is 0 Å². The van der Waals surface area contributed by atoms with E-state index in [0.717, 1.165) is 38.6 Å². The SMILES string of the molecule is CCNC(=NCCc1csc(C(C)C)n1)N1CCSC(C)(C)C1.I. The largest absolute Gasteiger partial charge is 0.357 e. The zero-order valence-corrected chi connectivity index (χ0v) is 19.4. The predicted octanol–water partition coefficient (Wildman–Crippen LogP) is 4.22. The molecular weight excluding hydrogens is 451 g/mol. The number of rotatable bonds is 5. The van der Waals surface area contributed by atoms with Gasteiger partial charge in [-0.2, -0.15) is 11.8 Å². The van der Waals surface area contributed by atoms with E-state index in [1.54, 1.807) is 11.3 Å². The molecule has 1 N–H and O–H groups in total. The second-order valence-corrected chi connectivity index (χ2v) is 9.54. The van der Waals surface area contributed by atoms with E-state index in [2.05, 4.69) is 62.0 Å². The average Bonchev–Trinajstić information content (AvgIpc) is 2.94. The molecule has 24 heavy (non-hydrogen) atoms. The molecule has 0 aromatic carbocycles. The summed E-state index contributed by atoms with van der Waals surface area (Å²) in [6.07, 6.45) is 0.921. The molecule has 2 rings (SSSR count). The van der Waals surface area contributed by atoms with Crippen molar-refractivity contribution in [2.45, 2.75) is 51.7 Å². The Morgan fingerprint density at radius 3 is 2.79 bits per heavy atom. The number of halogens is 1. The quantitative estimate of drug-likeness (QED) is 0.388. The van der Waals surface area contributed by atoms with Gasteiger partial charge in [-0.15, -0.1) is 35.3 Å². The van der Waals surface area contributed by atoms with Gasteiger partial charge in [-0.1, -0.05) is 13.8 Å². The topological polar surface area (TPSA) is 40.5 Å². The van der Waals surface area contributed by atoms with Gasteiger partial charge in [0.15, 0.2) is 5.96 Å². The van der Waals surface area contributed by atoms with Crippen molar-refractivity contribution in [3.05, 3.63) is 16.1 Å². The lowest BCUT2D eigenvalue weighted by molar-refractivity contribution is 0.376. The normalized spacial score (nSPS) is 17.8. The van der Waals surface area contributed by atoms with Crippen molar-refractivity contribution in [2.75, 3.05) is 31.9 Å². The van der Waals surface area contributed by atoms with E-state index >= 15 is 0 Å². The zero-order valence-electron chi connectivity index (χ0n) is 15.5. The highest BCUT2D eigenvalue weighted by Gasteiger charge is 2.28. The Balaban J connectivity index is 0.00000288. The summed E-state index contributed by atoms with van der Waals surface area (Å²) >= 11 is 3.82. The van der Waals surface area contributed by atoms with Crippen LogP contribution in [0, 0.1) is 0 Å². The van der Waals surface area contributed by atoms with Crippen molar-refractivity contribution < 1.29 is 0 Å². The Kier molecular flexibility index (Phi) is 9.37. The molecule has 1 aliphatic heterocycles. The minimum absolute atomic E-state index is 0. The van der Waals surface area contributed by atoms with E-state index in [1.165, 1.54) is 16.5 Å². The number of thioether (sulfide) groups is 1. The first kappa shape index (κ1) is 22.0. The third kappa shape index (κ3) is 6.71. The lowest BCUT2D eigenvalue weighted by atomic mass is 10.2. The molecule has 0 amide bonds. The Bertz CT molecular complexity index is 528. The molecule has 0 radical (unpaired) electrons. The molecule has 1 fully saturated rings. The Hall–Kier alpha value is -0.0200. The minimum Gasteiger partial charge on any atom is -0.357 e. The fourth-order valence-corrected chi connectivity index (χ4v) is 4.58. The Morgan fingerprint density at radius 1 is 1.46 bits per heavy atom. The first-order chi connectivity index (χ1) is 10.9. The van der Waals surface area contributed by atoms with Gasteiger partial charge in [0.25, 0.3) is 0 Å². The van der Waals surface area contributed by atoms with Crippen LogP contribution in [0.25, 0.3) is 0 Å². The lowest BCUT2D eigenvalue weighted by Crippen LogP contribution is -2.51. The summed E-state index contributed by atoms with van der Waals surface area (Å²) in [5.74, 6) is 2.74. The predicted molar refractivity (Wildman–Crippen MR) is 119 cm³/mol. The first-order valence-corrected chi connectivity index (χ1v) is 10.4. The van der Waals surface area contributed by atoms with Gasteiger partial charge in [0.05, 0.1) is 10.7 Å². The number of hydrogen-bond acceptors (Lipinski definition) is 4. The fraction of sp³-hybridized carbons (Fsp3) is 0.765. The fourth-order valence-electron chi connectivity index (χ4n) is 2.60. The van der Waals surface area contributed by atoms with Gasteiger partial charge in [-0.25, -0.2) is 4.98 Å². The molecule has 0 atom stereocenters. The summed E-state index contributed by atoms with van der Waals surface area (Å²) < 4.78 is 0.301.